The van der Waals surface area contributed by atoms with E-state index in [0.717, 1.165) is 53.9 Å². The number of hydrogen-bond donors (Lipinski definition) is 2. The number of nitrogens with one attached hydrogen (secondary N) is 2. The van der Waals surface area contributed by atoms with E-state index in [4.69, 9.17) is 4.98 Å². The van der Waals surface area contributed by atoms with Crippen molar-refractivity contribution in [3.8, 4) is 11.3 Å². The van der Waals surface area contributed by atoms with Gasteiger partial charge in [-0.05, 0) is 74.2 Å². The van der Waals surface area contributed by atoms with Crippen LogP contribution in [0.1, 0.15) is 48.2 Å². The molecule has 0 bridgehead atoms. The van der Waals surface area contributed by atoms with Crippen LogP contribution in [0.3, 0.4) is 0 Å². The van der Waals surface area contributed by atoms with Crippen molar-refractivity contribution in [2.75, 3.05) is 29.1 Å². The molecule has 0 unspecified atom stereocenters. The molecular weight excluding hydrogens is 486 g/mol. The van der Waals surface area contributed by atoms with E-state index in [1.165, 1.54) is 4.57 Å². The van der Waals surface area contributed by atoms with Crippen LogP contribution in [-0.2, 0) is 13.5 Å². The van der Waals surface area contributed by atoms with Crippen molar-refractivity contribution in [1.82, 2.24) is 9.55 Å². The highest BCUT2D eigenvalue weighted by molar-refractivity contribution is 6.06. The smallest absolute Gasteiger partial charge is 0.293 e. The molecule has 7 heteroatoms. The molecule has 0 aliphatic rings. The third kappa shape index (κ3) is 6.37. The van der Waals surface area contributed by atoms with E-state index < -0.39 is 0 Å². The maximum atomic E-state index is 13.3. The number of aryl methyl sites for hydroxylation is 2. The van der Waals surface area contributed by atoms with E-state index in [0.29, 0.717) is 16.9 Å². The molecule has 1 aromatic heterocycles. The number of rotatable bonds is 10. The minimum atomic E-state index is -0.223. The lowest BCUT2D eigenvalue weighted by Gasteiger charge is -2.17. The Morgan fingerprint density at radius 2 is 1.74 bits per heavy atom. The Bertz CT molecular complexity index is 1510. The fraction of sp³-hybridized carbons (Fsp3) is 0.281. The van der Waals surface area contributed by atoms with Gasteiger partial charge in [-0.25, -0.2) is 4.98 Å². The molecule has 0 radical (unpaired) electrons. The van der Waals surface area contributed by atoms with Crippen molar-refractivity contribution in [3.63, 3.8) is 0 Å². The number of nitrogens with zero attached hydrogens (tertiary/aromatic N) is 3. The van der Waals surface area contributed by atoms with Gasteiger partial charge in [0.25, 0.3) is 11.5 Å². The van der Waals surface area contributed by atoms with Crippen molar-refractivity contribution in [2.45, 2.75) is 40.0 Å². The van der Waals surface area contributed by atoms with Gasteiger partial charge in [0.2, 0.25) is 0 Å². The Labute approximate surface area is 230 Å². The van der Waals surface area contributed by atoms with Crippen LogP contribution in [0.2, 0.25) is 0 Å². The molecule has 0 aliphatic heterocycles. The van der Waals surface area contributed by atoms with E-state index in [-0.39, 0.29) is 17.3 Å². The third-order valence-corrected chi connectivity index (χ3v) is 7.04. The molecule has 0 fully saturated rings. The first-order chi connectivity index (χ1) is 18.8. The van der Waals surface area contributed by atoms with Gasteiger partial charge in [-0.15, -0.1) is 0 Å². The number of hydrogen-bond acceptors (Lipinski definition) is 5. The number of anilines is 4. The second-order valence-corrected chi connectivity index (χ2v) is 9.77. The van der Waals surface area contributed by atoms with Crippen LogP contribution in [0.15, 0.2) is 77.7 Å². The molecule has 4 rings (SSSR count). The van der Waals surface area contributed by atoms with E-state index in [9.17, 15) is 9.59 Å². The number of unbranched alkanes of at least 4 members (excludes halogenated alkanes) is 1. The van der Waals surface area contributed by atoms with Gasteiger partial charge in [0.15, 0.2) is 5.82 Å². The van der Waals surface area contributed by atoms with Crippen LogP contribution >= 0.6 is 0 Å². The lowest BCUT2D eigenvalue weighted by molar-refractivity contribution is 0.102. The topological polar surface area (TPSA) is 79.3 Å². The SMILES string of the molecule is CCCCc1ccccc1C(=O)Nc1cccc(-c2cn(C)c(=O)c(Nc3ccc(N(C)CC)cc3)n2)c1C. The van der Waals surface area contributed by atoms with Crippen LogP contribution in [-0.4, -0.2) is 29.1 Å². The summed E-state index contributed by atoms with van der Waals surface area (Å²) in [6, 6.07) is 21.4. The van der Waals surface area contributed by atoms with Gasteiger partial charge in [0.1, 0.15) is 0 Å². The number of carbonyl (C=O) groups excluding carboxylic acids is 1. The Hall–Kier alpha value is -4.39. The summed E-state index contributed by atoms with van der Waals surface area (Å²) in [5.41, 5.74) is 6.46. The minimum absolute atomic E-state index is 0.130. The summed E-state index contributed by atoms with van der Waals surface area (Å²) in [4.78, 5) is 33.0. The summed E-state index contributed by atoms with van der Waals surface area (Å²) in [5.74, 6) is 0.111. The van der Waals surface area contributed by atoms with Gasteiger partial charge in [0, 0.05) is 55.0 Å². The maximum absolute atomic E-state index is 13.3. The quantitative estimate of drug-likeness (QED) is 0.246. The van der Waals surface area contributed by atoms with Gasteiger partial charge in [0.05, 0.1) is 5.69 Å². The Morgan fingerprint density at radius 1 is 1.00 bits per heavy atom. The summed E-state index contributed by atoms with van der Waals surface area (Å²) in [7, 11) is 3.75. The minimum Gasteiger partial charge on any atom is -0.375 e. The first-order valence-corrected chi connectivity index (χ1v) is 13.5. The first-order valence-electron chi connectivity index (χ1n) is 13.5. The molecular formula is C32H37N5O2. The van der Waals surface area contributed by atoms with Crippen molar-refractivity contribution in [3.05, 3.63) is 100.0 Å². The highest BCUT2D eigenvalue weighted by Crippen LogP contribution is 2.29. The van der Waals surface area contributed by atoms with E-state index in [1.54, 1.807) is 13.2 Å². The van der Waals surface area contributed by atoms with Gasteiger partial charge in [-0.3, -0.25) is 9.59 Å². The Morgan fingerprint density at radius 3 is 2.46 bits per heavy atom. The molecule has 0 spiro atoms. The highest BCUT2D eigenvalue weighted by atomic mass is 16.1. The molecule has 39 heavy (non-hydrogen) atoms. The predicted octanol–water partition coefficient (Wildman–Crippen LogP) is 6.55. The molecule has 0 atom stereocenters. The molecule has 0 saturated heterocycles. The van der Waals surface area contributed by atoms with Crippen LogP contribution in [0, 0.1) is 6.92 Å². The Balaban J connectivity index is 1.62. The Kier molecular flexibility index (Phi) is 8.81. The van der Waals surface area contributed by atoms with E-state index >= 15 is 0 Å². The molecule has 0 aliphatic carbocycles. The first kappa shape index (κ1) is 27.6. The fourth-order valence-electron chi connectivity index (χ4n) is 4.50. The number of aromatic nitrogens is 2. The lowest BCUT2D eigenvalue weighted by Crippen LogP contribution is -2.21. The molecule has 0 saturated carbocycles. The van der Waals surface area contributed by atoms with Crippen molar-refractivity contribution >= 4 is 28.8 Å². The van der Waals surface area contributed by atoms with Crippen molar-refractivity contribution in [2.24, 2.45) is 7.05 Å². The molecule has 202 valence electrons. The zero-order chi connectivity index (χ0) is 27.9. The largest absolute Gasteiger partial charge is 0.375 e. The van der Waals surface area contributed by atoms with Gasteiger partial charge >= 0.3 is 0 Å². The monoisotopic (exact) mass is 523 g/mol. The summed E-state index contributed by atoms with van der Waals surface area (Å²) >= 11 is 0. The highest BCUT2D eigenvalue weighted by Gasteiger charge is 2.16. The predicted molar refractivity (Wildman–Crippen MR) is 161 cm³/mol. The second-order valence-electron chi connectivity index (χ2n) is 9.77. The zero-order valence-electron chi connectivity index (χ0n) is 23.4. The zero-order valence-corrected chi connectivity index (χ0v) is 23.4. The summed E-state index contributed by atoms with van der Waals surface area (Å²) in [6.07, 6.45) is 4.70. The molecule has 1 amide bonds. The fourth-order valence-corrected chi connectivity index (χ4v) is 4.50. The molecule has 7 nitrogen and oxygen atoms in total. The van der Waals surface area contributed by atoms with Crippen molar-refractivity contribution in [1.29, 1.82) is 0 Å². The molecule has 4 aromatic rings. The van der Waals surface area contributed by atoms with Gasteiger partial charge in [-0.1, -0.05) is 43.7 Å². The molecule has 3 aromatic carbocycles. The normalized spacial score (nSPS) is 10.8. The van der Waals surface area contributed by atoms with Crippen molar-refractivity contribution < 1.29 is 4.79 Å². The van der Waals surface area contributed by atoms with E-state index in [1.807, 2.05) is 80.7 Å². The number of amides is 1. The van der Waals surface area contributed by atoms with Crippen LogP contribution in [0.25, 0.3) is 11.3 Å². The number of benzene rings is 3. The molecule has 2 N–H and O–H groups in total. The van der Waals surface area contributed by atoms with Crippen LogP contribution in [0.5, 0.6) is 0 Å². The average Bonchev–Trinajstić information content (AvgIpc) is 2.95. The summed E-state index contributed by atoms with van der Waals surface area (Å²) in [5, 5.41) is 6.28. The lowest BCUT2D eigenvalue weighted by atomic mass is 10.0. The molecule has 1 heterocycles. The van der Waals surface area contributed by atoms with Gasteiger partial charge < -0.3 is 20.1 Å². The van der Waals surface area contributed by atoms with Gasteiger partial charge in [-0.2, -0.15) is 0 Å². The summed E-state index contributed by atoms with van der Waals surface area (Å²) in [6.45, 7) is 7.10. The standard InChI is InChI=1S/C32H37N5O2/c1-6-8-12-23-13-9-10-14-27(23)31(38)35-28-16-11-15-26(22(28)3)29-21-37(5)32(39)30(34-29)33-24-17-19-25(20-18-24)36(4)7-2/h9-11,13-21H,6-8,12H2,1-5H3,(H,33,34)(H,35,38). The summed E-state index contributed by atoms with van der Waals surface area (Å²) < 4.78 is 1.53. The van der Waals surface area contributed by atoms with E-state index in [2.05, 4.69) is 29.4 Å². The average molecular weight is 524 g/mol. The van der Waals surface area contributed by atoms with Crippen LogP contribution in [0.4, 0.5) is 22.9 Å². The van der Waals surface area contributed by atoms with Crippen LogP contribution < -0.4 is 21.1 Å². The second kappa shape index (κ2) is 12.4. The number of carbonyl (C=O) groups is 1. The third-order valence-electron chi connectivity index (χ3n) is 7.04. The maximum Gasteiger partial charge on any atom is 0.293 e.